The number of carbonyl (C=O) groups excluding carboxylic acids is 9. The van der Waals surface area contributed by atoms with E-state index in [2.05, 4.69) is 62.5 Å². The number of hydrogen-bond donors (Lipinski definition) is 17. The van der Waals surface area contributed by atoms with Gasteiger partial charge in [-0.25, -0.2) is 4.98 Å². The van der Waals surface area contributed by atoms with E-state index >= 15 is 0 Å². The Morgan fingerprint density at radius 1 is 0.659 bits per heavy atom. The summed E-state index contributed by atoms with van der Waals surface area (Å²) in [5.74, 6) is -9.99. The summed E-state index contributed by atoms with van der Waals surface area (Å²) in [6.45, 7) is 6.06. The predicted octanol–water partition coefficient (Wildman–Crippen LogP) is -4.79. The smallest absolute Gasteiger partial charge is 0.323 e. The van der Waals surface area contributed by atoms with E-state index in [1.807, 2.05) is 0 Å². The van der Waals surface area contributed by atoms with Crippen molar-refractivity contribution in [2.75, 3.05) is 26.2 Å². The second kappa shape index (κ2) is 36.3. The lowest BCUT2D eigenvalue weighted by Crippen LogP contribution is -2.63. The Labute approximate surface area is 493 Å². The number of hydrogen-bond acceptors (Lipinski definition) is 16. The van der Waals surface area contributed by atoms with E-state index in [1.165, 1.54) is 24.3 Å². The number of nitrogens with zero attached hydrogens (tertiary/aromatic N) is 4. The average molecular weight is 1200 g/mol. The van der Waals surface area contributed by atoms with Gasteiger partial charge in [-0.3, -0.25) is 57.9 Å². The molecule has 0 radical (unpaired) electrons. The number of rotatable bonds is 36. The van der Waals surface area contributed by atoms with E-state index in [4.69, 9.17) is 28.7 Å². The van der Waals surface area contributed by atoms with Gasteiger partial charge >= 0.3 is 5.97 Å². The molecule has 22 N–H and O–H groups in total. The number of imidazole rings is 1. The summed E-state index contributed by atoms with van der Waals surface area (Å²) in [6.07, 6.45) is 3.77. The lowest BCUT2D eigenvalue weighted by molar-refractivity contribution is -0.149. The molecule has 0 aliphatic heterocycles. The number of aliphatic imine (C=N–C) groups is 2. The number of carboxylic acid groups (broad SMARTS) is 1. The van der Waals surface area contributed by atoms with Gasteiger partial charge in [-0.1, -0.05) is 69.9 Å². The van der Waals surface area contributed by atoms with Gasteiger partial charge in [-0.05, 0) is 70.8 Å². The molecule has 31 heteroatoms. The third kappa shape index (κ3) is 25.1. The van der Waals surface area contributed by atoms with Crippen LogP contribution in [0.2, 0.25) is 0 Å². The van der Waals surface area contributed by atoms with Gasteiger partial charge in [-0.2, -0.15) is 0 Å². The summed E-state index contributed by atoms with van der Waals surface area (Å²) in [5, 5.41) is 51.4. The summed E-state index contributed by atoms with van der Waals surface area (Å²) >= 11 is 0. The highest BCUT2D eigenvalue weighted by Crippen LogP contribution is 2.25. The summed E-state index contributed by atoms with van der Waals surface area (Å²) in [6, 6.07) is -3.12. The van der Waals surface area contributed by atoms with Crippen molar-refractivity contribution in [1.82, 2.24) is 57.4 Å². The number of aliphatic carboxylic acids is 1. The zero-order chi connectivity index (χ0) is 63.3. The molecule has 9 amide bonds. The van der Waals surface area contributed by atoms with Gasteiger partial charge < -0.3 is 96.4 Å². The molecule has 1 aromatic heterocycles. The SMILES string of the molecule is CCC(C)[C@H](NC(=O)[C@H](CCCN=C(N)N)NC(=O)CNC(=O)[C@@H](NC(=O)[C@@H](NC(=O)[C@H](Cc1cnc[nH]1)NC(=O)[C@@H](Cc1ccccc1)NC(=O)[C@H](C)NC(=O)[C@@H](N)CCCN=C(N)N)[C@@H](C)O)[C@@H](C)O)C(=O)N(CC(=O)O)C1CCCCC1. The molecule has 1 unspecified atom stereocenters. The van der Waals surface area contributed by atoms with Crippen molar-refractivity contribution in [3.8, 4) is 0 Å². The standard InChI is InChI=1S/C54H88N18O13/c1-6-29(2)42(52(85)72(27-41(76)77)35-17-11-8-12-18-35)69-47(80)37(20-14-22-62-54(58)59)66-40(75)26-63-50(83)43(31(4)73)71-51(84)44(32(5)74)70-49(82)39(24-34-25-60-28-64-34)68-48(81)38(23-33-15-9-7-10-16-33)67-45(78)30(3)65-46(79)36(55)19-13-21-61-53(56)57/h7,9-10,15-16,25,28-32,35-39,42-44,73-74H,6,8,11-14,17-24,26-27,55H2,1-5H3,(H,60,64)(H,63,83)(H,65,79)(H,66,75)(H,67,78)(H,68,81)(H,69,80)(H,70,82)(H,71,84)(H,76,77)(H4,56,57,61)(H4,58,59,62)/t29?,30-,31+,32+,36-,37-,38+,39-,42-,43-,44-/m0/s1. The quantitative estimate of drug-likeness (QED) is 0.0173. The van der Waals surface area contributed by atoms with Gasteiger partial charge in [0.15, 0.2) is 11.9 Å². The molecule has 1 heterocycles. The molecule has 472 valence electrons. The first-order chi connectivity index (χ1) is 40.2. The second-order valence-electron chi connectivity index (χ2n) is 21.1. The zero-order valence-corrected chi connectivity index (χ0v) is 48.9. The normalized spacial score (nSPS) is 16.2. The number of aromatic nitrogens is 2. The molecule has 1 aromatic carbocycles. The van der Waals surface area contributed by atoms with Crippen LogP contribution in [0.1, 0.15) is 110 Å². The fraction of sp³-hybridized carbons (Fsp3) is 0.611. The molecule has 1 aliphatic carbocycles. The maximum atomic E-state index is 14.3. The highest BCUT2D eigenvalue weighted by atomic mass is 16.4. The third-order valence-electron chi connectivity index (χ3n) is 14.1. The molecule has 11 atom stereocenters. The van der Waals surface area contributed by atoms with Gasteiger partial charge in [0.05, 0.1) is 31.1 Å². The maximum absolute atomic E-state index is 14.3. The van der Waals surface area contributed by atoms with Crippen molar-refractivity contribution in [1.29, 1.82) is 0 Å². The van der Waals surface area contributed by atoms with E-state index in [0.29, 0.717) is 36.9 Å². The van der Waals surface area contributed by atoms with E-state index in [0.717, 1.165) is 33.1 Å². The van der Waals surface area contributed by atoms with Crippen molar-refractivity contribution >= 4 is 71.1 Å². The van der Waals surface area contributed by atoms with Crippen molar-refractivity contribution < 1.29 is 63.3 Å². The van der Waals surface area contributed by atoms with Crippen LogP contribution in [-0.2, 0) is 60.8 Å². The lowest BCUT2D eigenvalue weighted by Gasteiger charge is -2.37. The first kappa shape index (κ1) is 70.8. The second-order valence-corrected chi connectivity index (χ2v) is 21.1. The van der Waals surface area contributed by atoms with Crippen molar-refractivity contribution in [3.63, 3.8) is 0 Å². The Balaban J connectivity index is 1.79. The Bertz CT molecular complexity index is 2570. The number of aromatic amines is 1. The first-order valence-corrected chi connectivity index (χ1v) is 28.4. The van der Waals surface area contributed by atoms with Crippen LogP contribution >= 0.6 is 0 Å². The number of carbonyl (C=O) groups is 10. The molecular weight excluding hydrogens is 1110 g/mol. The molecule has 0 spiro atoms. The molecule has 2 aromatic rings. The predicted molar refractivity (Wildman–Crippen MR) is 311 cm³/mol. The minimum Gasteiger partial charge on any atom is -0.480 e. The number of carboxylic acids is 1. The van der Waals surface area contributed by atoms with Crippen molar-refractivity contribution in [3.05, 3.63) is 54.1 Å². The Morgan fingerprint density at radius 2 is 1.20 bits per heavy atom. The highest BCUT2D eigenvalue weighted by Gasteiger charge is 2.38. The Hall–Kier alpha value is -8.45. The fourth-order valence-electron chi connectivity index (χ4n) is 9.13. The molecule has 31 nitrogen and oxygen atoms in total. The minimum absolute atomic E-state index is 0.0459. The lowest BCUT2D eigenvalue weighted by atomic mass is 9.91. The third-order valence-corrected chi connectivity index (χ3v) is 14.1. The van der Waals surface area contributed by atoms with E-state index in [1.54, 1.807) is 44.2 Å². The molecule has 0 saturated heterocycles. The summed E-state index contributed by atoms with van der Waals surface area (Å²) in [5.41, 5.74) is 28.6. The van der Waals surface area contributed by atoms with Crippen LogP contribution in [0.15, 0.2) is 52.8 Å². The summed E-state index contributed by atoms with van der Waals surface area (Å²) in [4.78, 5) is 152. The average Bonchev–Trinajstić information content (AvgIpc) is 4.02. The minimum atomic E-state index is -1.85. The van der Waals surface area contributed by atoms with Gasteiger partial charge in [-0.15, -0.1) is 0 Å². The van der Waals surface area contributed by atoms with Gasteiger partial charge in [0.2, 0.25) is 53.2 Å². The number of H-pyrrole nitrogens is 1. The Morgan fingerprint density at radius 3 is 1.76 bits per heavy atom. The molecule has 0 bridgehead atoms. The number of nitrogens with one attached hydrogen (secondary N) is 9. The van der Waals surface area contributed by atoms with Gasteiger partial charge in [0.25, 0.3) is 0 Å². The van der Waals surface area contributed by atoms with Crippen LogP contribution in [0, 0.1) is 5.92 Å². The fourth-order valence-corrected chi connectivity index (χ4v) is 9.13. The highest BCUT2D eigenvalue weighted by molar-refractivity contribution is 5.98. The largest absolute Gasteiger partial charge is 0.480 e. The van der Waals surface area contributed by atoms with Crippen LogP contribution in [0.4, 0.5) is 0 Å². The number of aliphatic hydroxyl groups is 2. The van der Waals surface area contributed by atoms with E-state index in [9.17, 15) is 63.3 Å². The number of benzene rings is 1. The number of guanidine groups is 2. The van der Waals surface area contributed by atoms with E-state index in [-0.39, 0.29) is 63.2 Å². The molecule has 85 heavy (non-hydrogen) atoms. The molecule has 1 aliphatic rings. The molecule has 1 fully saturated rings. The van der Waals surface area contributed by atoms with E-state index < -0.39 is 139 Å². The van der Waals surface area contributed by atoms with Gasteiger partial charge in [0.1, 0.15) is 48.8 Å². The Kier molecular flexibility index (Phi) is 30.2. The summed E-state index contributed by atoms with van der Waals surface area (Å²) < 4.78 is 0. The first-order valence-electron chi connectivity index (χ1n) is 28.4. The van der Waals surface area contributed by atoms with Crippen LogP contribution in [0.5, 0.6) is 0 Å². The topological polar surface area (TPSA) is 514 Å². The molecular formula is C54H88N18O13. The summed E-state index contributed by atoms with van der Waals surface area (Å²) in [7, 11) is 0. The van der Waals surface area contributed by atoms with Crippen molar-refractivity contribution in [2.24, 2.45) is 44.6 Å². The van der Waals surface area contributed by atoms with Crippen LogP contribution < -0.4 is 71.2 Å². The number of nitrogens with two attached hydrogens (primary N) is 5. The van der Waals surface area contributed by atoms with Crippen LogP contribution in [-0.4, -0.2) is 194 Å². The van der Waals surface area contributed by atoms with Crippen LogP contribution in [0.25, 0.3) is 0 Å². The monoisotopic (exact) mass is 1200 g/mol. The van der Waals surface area contributed by atoms with Gasteiger partial charge in [0, 0.05) is 43.9 Å². The van der Waals surface area contributed by atoms with Crippen LogP contribution in [0.3, 0.4) is 0 Å². The molecule has 1 saturated carbocycles. The van der Waals surface area contributed by atoms with Crippen molar-refractivity contribution in [2.45, 2.75) is 178 Å². The number of aliphatic hydroxyl groups excluding tert-OH is 2. The zero-order valence-electron chi connectivity index (χ0n) is 48.9. The maximum Gasteiger partial charge on any atom is 0.323 e. The molecule has 3 rings (SSSR count). The number of amides is 9.